The van der Waals surface area contributed by atoms with Crippen molar-refractivity contribution in [2.75, 3.05) is 7.11 Å². The van der Waals surface area contributed by atoms with Crippen LogP contribution in [-0.4, -0.2) is 15.6 Å². The molecule has 1 aromatic carbocycles. The molecule has 0 aliphatic heterocycles. The molecule has 0 amide bonds. The van der Waals surface area contributed by atoms with Gasteiger partial charge in [-0.05, 0) is 24.3 Å². The molecule has 0 saturated carbocycles. The third kappa shape index (κ3) is 4.30. The van der Waals surface area contributed by atoms with Crippen LogP contribution in [0.2, 0.25) is 0 Å². The molecule has 0 atom stereocenters. The smallest absolute Gasteiger partial charge is 0.229 e. The number of methoxy groups -OCH3 is 1. The second kappa shape index (κ2) is 6.31. The fourth-order valence-electron chi connectivity index (χ4n) is 0.771. The molecule has 16 heavy (non-hydrogen) atoms. The van der Waals surface area contributed by atoms with Crippen molar-refractivity contribution in [3.63, 3.8) is 0 Å². The summed E-state index contributed by atoms with van der Waals surface area (Å²) >= 11 is 23.5. The Hall–Kier alpha value is 0.330. The van der Waals surface area contributed by atoms with Crippen LogP contribution in [0.15, 0.2) is 24.3 Å². The van der Waals surface area contributed by atoms with Crippen LogP contribution < -0.4 is 8.92 Å². The maximum atomic E-state index is 5.79. The van der Waals surface area contributed by atoms with Gasteiger partial charge in [0.15, 0.2) is 4.84 Å². The lowest BCUT2D eigenvalue weighted by Gasteiger charge is -2.18. The lowest BCUT2D eigenvalue weighted by Crippen LogP contribution is -2.18. The van der Waals surface area contributed by atoms with Gasteiger partial charge in [0.2, 0.25) is 3.67 Å². The molecule has 0 saturated heterocycles. The normalized spacial score (nSPS) is 11.6. The molecule has 0 bridgehead atoms. The number of hydrogen-bond acceptors (Lipinski definition) is 3. The molecule has 0 radical (unpaired) electrons. The molecule has 1 aromatic rings. The van der Waals surface area contributed by atoms with Gasteiger partial charge in [0.1, 0.15) is 11.5 Å². The summed E-state index contributed by atoms with van der Waals surface area (Å²) in [5.74, 6) is 1.30. The van der Waals surface area contributed by atoms with Crippen molar-refractivity contribution in [3.05, 3.63) is 24.3 Å². The molecule has 0 unspecified atom stereocenters. The molecule has 90 valence electrons. The van der Waals surface area contributed by atoms with E-state index in [4.69, 9.17) is 55.3 Å². The van der Waals surface area contributed by atoms with Crippen LogP contribution in [0.4, 0.5) is 0 Å². The van der Waals surface area contributed by atoms with Gasteiger partial charge >= 0.3 is 0 Å². The van der Waals surface area contributed by atoms with Crippen LogP contribution in [0.1, 0.15) is 0 Å². The van der Waals surface area contributed by atoms with Crippen LogP contribution in [0.3, 0.4) is 0 Å². The lowest BCUT2D eigenvalue weighted by atomic mass is 10.3. The Morgan fingerprint density at radius 1 is 1.12 bits per heavy atom. The van der Waals surface area contributed by atoms with Gasteiger partial charge in [-0.25, -0.2) is 0 Å². The first-order valence-corrected chi connectivity index (χ1v) is 6.48. The number of ether oxygens (including phenoxy) is 1. The molecule has 2 nitrogen and oxygen atoms in total. The zero-order valence-corrected chi connectivity index (χ0v) is 12.0. The van der Waals surface area contributed by atoms with Crippen molar-refractivity contribution in [1.82, 2.24) is 0 Å². The zero-order chi connectivity index (χ0) is 12.2. The molecule has 1 rings (SSSR count). The zero-order valence-electron chi connectivity index (χ0n) is 8.12. The maximum absolute atomic E-state index is 5.79. The number of hydrogen-bond donors (Lipinski definition) is 0. The molecule has 7 heteroatoms. The summed E-state index contributed by atoms with van der Waals surface area (Å²) in [6, 6.07) is 6.93. The second-order valence-corrected chi connectivity index (χ2v) is 6.61. The molecule has 0 spiro atoms. The average Bonchev–Trinajstić information content (AvgIpc) is 2.27. The van der Waals surface area contributed by atoms with E-state index >= 15 is 0 Å². The standard InChI is InChI=1S/C9H8Cl4O2S/c1-14-6-2-4-7(5-3-6)15-16-9(12,13)8(10)11/h2-5,8H,1H3. The highest BCUT2D eigenvalue weighted by Gasteiger charge is 2.35. The Labute approximate surface area is 118 Å². The molecule has 0 N–H and O–H groups in total. The second-order valence-electron chi connectivity index (χ2n) is 2.70. The molecule has 0 fully saturated rings. The third-order valence-electron chi connectivity index (χ3n) is 1.56. The van der Waals surface area contributed by atoms with Gasteiger partial charge in [0, 0.05) is 0 Å². The monoisotopic (exact) mass is 320 g/mol. The van der Waals surface area contributed by atoms with Crippen molar-refractivity contribution in [3.8, 4) is 11.5 Å². The van der Waals surface area contributed by atoms with Crippen molar-refractivity contribution >= 4 is 58.4 Å². The van der Waals surface area contributed by atoms with E-state index in [1.54, 1.807) is 31.4 Å². The summed E-state index contributed by atoms with van der Waals surface area (Å²) in [5, 5.41) is 0. The fraction of sp³-hybridized carbons (Fsp3) is 0.333. The molecule has 0 aliphatic rings. The highest BCUT2D eigenvalue weighted by atomic mass is 35.5. The molecular weight excluding hydrogens is 314 g/mol. The Bertz CT molecular complexity index is 329. The van der Waals surface area contributed by atoms with Crippen LogP contribution in [0.25, 0.3) is 0 Å². The topological polar surface area (TPSA) is 18.5 Å². The first kappa shape index (κ1) is 14.4. The summed E-state index contributed by atoms with van der Waals surface area (Å²) < 4.78 is 8.84. The predicted octanol–water partition coefficient (Wildman–Crippen LogP) is 4.66. The van der Waals surface area contributed by atoms with Crippen LogP contribution >= 0.6 is 58.4 Å². The summed E-state index contributed by atoms with van der Waals surface area (Å²) in [6.45, 7) is 0. The number of alkyl halides is 4. The van der Waals surface area contributed by atoms with Gasteiger partial charge in [-0.1, -0.05) is 23.2 Å². The Morgan fingerprint density at radius 2 is 1.62 bits per heavy atom. The summed E-state index contributed by atoms with van der Waals surface area (Å²) in [5.41, 5.74) is 0. The minimum Gasteiger partial charge on any atom is -0.497 e. The van der Waals surface area contributed by atoms with Crippen molar-refractivity contribution in [1.29, 1.82) is 0 Å². The Morgan fingerprint density at radius 3 is 2.06 bits per heavy atom. The Balaban J connectivity index is 2.54. The first-order chi connectivity index (χ1) is 7.45. The number of benzene rings is 1. The summed E-state index contributed by atoms with van der Waals surface area (Å²) in [4.78, 5) is -0.959. The summed E-state index contributed by atoms with van der Waals surface area (Å²) in [7, 11) is 1.58. The van der Waals surface area contributed by atoms with E-state index in [0.29, 0.717) is 5.75 Å². The summed E-state index contributed by atoms with van der Waals surface area (Å²) in [6.07, 6.45) is 0. The van der Waals surface area contributed by atoms with Crippen LogP contribution in [0, 0.1) is 0 Å². The Kier molecular flexibility index (Phi) is 5.68. The fourth-order valence-corrected chi connectivity index (χ4v) is 1.57. The average molecular weight is 322 g/mol. The highest BCUT2D eigenvalue weighted by Crippen LogP contribution is 2.43. The molecule has 0 heterocycles. The van der Waals surface area contributed by atoms with Crippen molar-refractivity contribution < 1.29 is 8.92 Å². The van der Waals surface area contributed by atoms with E-state index in [0.717, 1.165) is 17.8 Å². The lowest BCUT2D eigenvalue weighted by molar-refractivity contribution is 0.414. The third-order valence-corrected chi connectivity index (χ3v) is 4.47. The van der Waals surface area contributed by atoms with E-state index in [9.17, 15) is 0 Å². The van der Waals surface area contributed by atoms with E-state index in [1.807, 2.05) is 0 Å². The minimum atomic E-state index is -1.41. The maximum Gasteiger partial charge on any atom is 0.229 e. The molecule has 0 aliphatic carbocycles. The number of halogens is 4. The SMILES string of the molecule is COc1ccc(OSC(Cl)(Cl)C(Cl)Cl)cc1. The molecular formula is C9H8Cl4O2S. The van der Waals surface area contributed by atoms with Gasteiger partial charge in [0.05, 0.1) is 19.2 Å². The van der Waals surface area contributed by atoms with E-state index in [2.05, 4.69) is 0 Å². The quantitative estimate of drug-likeness (QED) is 0.580. The highest BCUT2D eigenvalue weighted by molar-refractivity contribution is 7.99. The van der Waals surface area contributed by atoms with Gasteiger partial charge in [-0.15, -0.1) is 23.2 Å². The largest absolute Gasteiger partial charge is 0.497 e. The number of rotatable bonds is 5. The van der Waals surface area contributed by atoms with Crippen LogP contribution in [0.5, 0.6) is 11.5 Å². The van der Waals surface area contributed by atoms with Gasteiger partial charge in [0.25, 0.3) is 0 Å². The van der Waals surface area contributed by atoms with Gasteiger partial charge < -0.3 is 8.92 Å². The van der Waals surface area contributed by atoms with Crippen molar-refractivity contribution in [2.24, 2.45) is 0 Å². The predicted molar refractivity (Wildman–Crippen MR) is 71.1 cm³/mol. The first-order valence-electron chi connectivity index (χ1n) is 4.11. The van der Waals surface area contributed by atoms with Crippen molar-refractivity contribution in [2.45, 2.75) is 8.50 Å². The van der Waals surface area contributed by atoms with Gasteiger partial charge in [-0.3, -0.25) is 0 Å². The van der Waals surface area contributed by atoms with E-state index in [-0.39, 0.29) is 0 Å². The minimum absolute atomic E-state index is 0.574. The van der Waals surface area contributed by atoms with Crippen LogP contribution in [-0.2, 0) is 0 Å². The van der Waals surface area contributed by atoms with E-state index < -0.39 is 8.50 Å². The van der Waals surface area contributed by atoms with Gasteiger partial charge in [-0.2, -0.15) is 0 Å². The van der Waals surface area contributed by atoms with E-state index in [1.165, 1.54) is 0 Å². The molecule has 0 aromatic heterocycles.